The summed E-state index contributed by atoms with van der Waals surface area (Å²) in [5.41, 5.74) is 5.63. The lowest BCUT2D eigenvalue weighted by Gasteiger charge is -2.29. The first-order chi connectivity index (χ1) is 17.8. The topological polar surface area (TPSA) is 120 Å². The highest BCUT2D eigenvalue weighted by atomic mass is 32.2. The molecule has 192 valence electrons. The van der Waals surface area contributed by atoms with E-state index in [1.54, 1.807) is 12.1 Å². The van der Waals surface area contributed by atoms with Gasteiger partial charge in [0.05, 0.1) is 36.7 Å². The molecular formula is C27H29N5O4S. The summed E-state index contributed by atoms with van der Waals surface area (Å²) in [6.07, 6.45) is 0.792. The second-order valence-electron chi connectivity index (χ2n) is 8.95. The number of carbonyl (C=O) groups excluding carboxylic acids is 1. The molecule has 1 fully saturated rings. The van der Waals surface area contributed by atoms with Crippen LogP contribution in [0, 0.1) is 0 Å². The first-order valence-corrected chi connectivity index (χ1v) is 13.7. The lowest BCUT2D eigenvalue weighted by atomic mass is 9.92. The summed E-state index contributed by atoms with van der Waals surface area (Å²) >= 11 is 0. The lowest BCUT2D eigenvalue weighted by Crippen LogP contribution is -2.44. The highest BCUT2D eigenvalue weighted by Crippen LogP contribution is 2.42. The molecule has 5 rings (SSSR count). The van der Waals surface area contributed by atoms with Gasteiger partial charge >= 0.3 is 0 Å². The predicted octanol–water partition coefficient (Wildman–Crippen LogP) is 3.51. The third-order valence-electron chi connectivity index (χ3n) is 6.50. The molecule has 37 heavy (non-hydrogen) atoms. The minimum absolute atomic E-state index is 0.00703. The van der Waals surface area contributed by atoms with E-state index in [0.717, 1.165) is 34.0 Å². The molecule has 4 aromatic rings. The van der Waals surface area contributed by atoms with Crippen molar-refractivity contribution in [2.75, 3.05) is 36.6 Å². The summed E-state index contributed by atoms with van der Waals surface area (Å²) < 4.78 is 29.9. The Bertz CT molecular complexity index is 1590. The van der Waals surface area contributed by atoms with Crippen molar-refractivity contribution >= 4 is 32.5 Å². The van der Waals surface area contributed by atoms with Crippen molar-refractivity contribution in [2.24, 2.45) is 5.14 Å². The molecule has 0 atom stereocenters. The number of morpholine rings is 1. The molecule has 3 N–H and O–H groups in total. The maximum Gasteiger partial charge on any atom is 0.238 e. The minimum atomic E-state index is -3.92. The van der Waals surface area contributed by atoms with Crippen LogP contribution in [0.25, 0.3) is 33.3 Å². The fourth-order valence-electron chi connectivity index (χ4n) is 4.82. The maximum atomic E-state index is 12.2. The van der Waals surface area contributed by atoms with Gasteiger partial charge in [0.2, 0.25) is 15.9 Å². The van der Waals surface area contributed by atoms with Crippen LogP contribution in [0.2, 0.25) is 0 Å². The van der Waals surface area contributed by atoms with E-state index in [1.807, 2.05) is 41.2 Å². The number of benzene rings is 3. The third-order valence-corrected chi connectivity index (χ3v) is 7.41. The third kappa shape index (κ3) is 4.83. The molecule has 1 aromatic heterocycles. The van der Waals surface area contributed by atoms with E-state index < -0.39 is 10.0 Å². The molecule has 1 saturated heterocycles. The Morgan fingerprint density at radius 3 is 2.54 bits per heavy atom. The summed E-state index contributed by atoms with van der Waals surface area (Å²) in [5.74, 6) is -0.187. The number of aromatic nitrogens is 2. The van der Waals surface area contributed by atoms with Crippen LogP contribution < -0.4 is 15.5 Å². The van der Waals surface area contributed by atoms with E-state index >= 15 is 0 Å². The van der Waals surface area contributed by atoms with Gasteiger partial charge in [-0.15, -0.1) is 0 Å². The lowest BCUT2D eigenvalue weighted by molar-refractivity contribution is -0.114. The standard InChI is InChI=1S/C27H29N5O4S/c1-3-19-7-4-5-10-22(19)25-23(29-18(2)33)11-12-24-26(25)27(30-32(24)31-13-15-36-16-14-31)20-8-6-9-21(17-20)37(28,34)35/h4-12,17H,3,13-16H2,1-2H3,(H,29,33)(H2,28,34,35). The summed E-state index contributed by atoms with van der Waals surface area (Å²) in [6.45, 7) is 6.03. The van der Waals surface area contributed by atoms with Gasteiger partial charge in [-0.3, -0.25) is 9.80 Å². The van der Waals surface area contributed by atoms with Gasteiger partial charge in [-0.2, -0.15) is 9.89 Å². The summed E-state index contributed by atoms with van der Waals surface area (Å²) in [7, 11) is -3.92. The molecule has 10 heteroatoms. The molecule has 1 amide bonds. The van der Waals surface area contributed by atoms with Gasteiger partial charge in [0.25, 0.3) is 0 Å². The van der Waals surface area contributed by atoms with Crippen molar-refractivity contribution in [3.63, 3.8) is 0 Å². The van der Waals surface area contributed by atoms with E-state index in [-0.39, 0.29) is 10.8 Å². The molecule has 3 aromatic carbocycles. The molecule has 0 aliphatic carbocycles. The van der Waals surface area contributed by atoms with Crippen molar-refractivity contribution in [3.8, 4) is 22.4 Å². The van der Waals surface area contributed by atoms with E-state index in [4.69, 9.17) is 15.0 Å². The molecule has 1 aliphatic rings. The highest BCUT2D eigenvalue weighted by Gasteiger charge is 2.25. The number of nitrogens with two attached hydrogens (primary N) is 1. The van der Waals surface area contributed by atoms with Crippen LogP contribution in [0.4, 0.5) is 5.69 Å². The number of hydrogen-bond donors (Lipinski definition) is 2. The number of primary sulfonamides is 1. The Labute approximate surface area is 215 Å². The summed E-state index contributed by atoms with van der Waals surface area (Å²) in [4.78, 5) is 14.1. The zero-order valence-electron chi connectivity index (χ0n) is 20.8. The van der Waals surface area contributed by atoms with E-state index in [2.05, 4.69) is 23.3 Å². The number of nitrogens with one attached hydrogen (secondary N) is 1. The van der Waals surface area contributed by atoms with Crippen molar-refractivity contribution in [1.29, 1.82) is 0 Å². The van der Waals surface area contributed by atoms with Gasteiger partial charge in [-0.25, -0.2) is 13.6 Å². The number of carbonyl (C=O) groups is 1. The van der Waals surface area contributed by atoms with Crippen LogP contribution in [0.15, 0.2) is 65.6 Å². The fraction of sp³-hybridized carbons (Fsp3) is 0.259. The van der Waals surface area contributed by atoms with Crippen molar-refractivity contribution in [3.05, 3.63) is 66.2 Å². The minimum Gasteiger partial charge on any atom is -0.378 e. The number of hydrogen-bond acceptors (Lipinski definition) is 6. The number of rotatable bonds is 6. The highest BCUT2D eigenvalue weighted by molar-refractivity contribution is 7.89. The number of fused-ring (bicyclic) bond motifs is 1. The van der Waals surface area contributed by atoms with Crippen LogP contribution in [-0.2, 0) is 26.0 Å². The number of nitrogens with zero attached hydrogens (tertiary/aromatic N) is 3. The van der Waals surface area contributed by atoms with Gasteiger partial charge in [0.15, 0.2) is 0 Å². The Hall–Kier alpha value is -3.73. The molecule has 0 saturated carbocycles. The van der Waals surface area contributed by atoms with Gasteiger partial charge in [0.1, 0.15) is 5.69 Å². The number of aryl methyl sites for hydroxylation is 1. The van der Waals surface area contributed by atoms with E-state index in [0.29, 0.717) is 43.2 Å². The smallest absolute Gasteiger partial charge is 0.238 e. The monoisotopic (exact) mass is 519 g/mol. The maximum absolute atomic E-state index is 12.2. The molecule has 0 bridgehead atoms. The molecule has 1 aliphatic heterocycles. The van der Waals surface area contributed by atoms with Crippen LogP contribution in [-0.4, -0.2) is 50.5 Å². The first-order valence-electron chi connectivity index (χ1n) is 12.2. The largest absolute Gasteiger partial charge is 0.378 e. The molecule has 9 nitrogen and oxygen atoms in total. The molecule has 2 heterocycles. The Morgan fingerprint density at radius 2 is 1.84 bits per heavy atom. The fourth-order valence-corrected chi connectivity index (χ4v) is 5.38. The average Bonchev–Trinajstić information content (AvgIpc) is 3.28. The number of anilines is 1. The normalized spacial score (nSPS) is 14.2. The molecule has 0 spiro atoms. The van der Waals surface area contributed by atoms with Gasteiger partial charge < -0.3 is 10.1 Å². The SMILES string of the molecule is CCc1ccccc1-c1c(NC(C)=O)ccc2c1c(-c1cccc(S(N)(=O)=O)c1)nn2N1CCOCC1. The van der Waals surface area contributed by atoms with Crippen molar-refractivity contribution in [2.45, 2.75) is 25.2 Å². The van der Waals surface area contributed by atoms with E-state index in [9.17, 15) is 13.2 Å². The average molecular weight is 520 g/mol. The van der Waals surface area contributed by atoms with Crippen LogP contribution in [0.1, 0.15) is 19.4 Å². The predicted molar refractivity (Wildman–Crippen MR) is 144 cm³/mol. The van der Waals surface area contributed by atoms with Crippen molar-refractivity contribution in [1.82, 2.24) is 9.89 Å². The number of sulfonamides is 1. The summed E-state index contributed by atoms with van der Waals surface area (Å²) in [5, 5.41) is 16.4. The molecular weight excluding hydrogens is 490 g/mol. The second kappa shape index (κ2) is 9.97. The molecule has 0 unspecified atom stereocenters. The number of amides is 1. The van der Waals surface area contributed by atoms with Gasteiger partial charge in [-0.05, 0) is 41.8 Å². The summed E-state index contributed by atoms with van der Waals surface area (Å²) in [6, 6.07) is 18.4. The van der Waals surface area contributed by atoms with Gasteiger partial charge in [-0.1, -0.05) is 43.3 Å². The van der Waals surface area contributed by atoms with Crippen LogP contribution >= 0.6 is 0 Å². The van der Waals surface area contributed by atoms with Crippen LogP contribution in [0.3, 0.4) is 0 Å². The zero-order chi connectivity index (χ0) is 26.2. The Morgan fingerprint density at radius 1 is 1.08 bits per heavy atom. The zero-order valence-corrected chi connectivity index (χ0v) is 21.6. The first kappa shape index (κ1) is 24.9. The quantitative estimate of drug-likeness (QED) is 0.402. The van der Waals surface area contributed by atoms with Crippen molar-refractivity contribution < 1.29 is 17.9 Å². The Balaban J connectivity index is 1.89. The Kier molecular flexibility index (Phi) is 6.72. The second-order valence-corrected chi connectivity index (χ2v) is 10.5. The van der Waals surface area contributed by atoms with Crippen LogP contribution in [0.5, 0.6) is 0 Å². The van der Waals surface area contributed by atoms with Gasteiger partial charge in [0, 0.05) is 29.1 Å². The molecule has 0 radical (unpaired) electrons. The number of ether oxygens (including phenoxy) is 1. The van der Waals surface area contributed by atoms with E-state index in [1.165, 1.54) is 13.0 Å².